The predicted molar refractivity (Wildman–Crippen MR) is 245 cm³/mol. The maximum Gasteiger partial charge on any atom is 0.238 e. The van der Waals surface area contributed by atoms with Crippen molar-refractivity contribution in [1.29, 1.82) is 0 Å². The van der Waals surface area contributed by atoms with Crippen LogP contribution in [0.25, 0.3) is 121 Å². The van der Waals surface area contributed by atoms with E-state index in [1.54, 1.807) is 11.3 Å². The molecule has 60 heavy (non-hydrogen) atoms. The number of benzene rings is 8. The maximum absolute atomic E-state index is 6.28. The largest absolute Gasteiger partial charge is 0.436 e. The van der Waals surface area contributed by atoms with Crippen molar-refractivity contribution in [2.75, 3.05) is 0 Å². The lowest BCUT2D eigenvalue weighted by molar-refractivity contribution is 0.620. The van der Waals surface area contributed by atoms with Crippen LogP contribution in [0.15, 0.2) is 186 Å². The van der Waals surface area contributed by atoms with Crippen molar-refractivity contribution < 1.29 is 4.42 Å². The van der Waals surface area contributed by atoms with E-state index in [4.69, 9.17) is 24.4 Å². The van der Waals surface area contributed by atoms with Crippen LogP contribution in [0.4, 0.5) is 0 Å². The number of oxazole rings is 1. The molecule has 0 aliphatic heterocycles. The summed E-state index contributed by atoms with van der Waals surface area (Å²) in [5.41, 5.74) is 9.52. The van der Waals surface area contributed by atoms with Gasteiger partial charge >= 0.3 is 0 Å². The van der Waals surface area contributed by atoms with Gasteiger partial charge in [0.05, 0.1) is 22.1 Å². The zero-order valence-corrected chi connectivity index (χ0v) is 32.6. The second-order valence-corrected chi connectivity index (χ2v) is 16.1. The Balaban J connectivity index is 1.14. The topological polar surface area (TPSA) is 74.6 Å². The van der Waals surface area contributed by atoms with Crippen molar-refractivity contribution in [3.8, 4) is 45.9 Å². The summed E-state index contributed by atoms with van der Waals surface area (Å²) >= 11 is 1.78. The highest BCUT2D eigenvalue weighted by Gasteiger charge is 2.24. The molecule has 0 saturated heterocycles. The second-order valence-electron chi connectivity index (χ2n) is 15.0. The molecule has 280 valence electrons. The van der Waals surface area contributed by atoms with E-state index in [9.17, 15) is 0 Å². The molecule has 8 heteroatoms. The van der Waals surface area contributed by atoms with Gasteiger partial charge in [0.2, 0.25) is 11.8 Å². The standard InChI is InChI=1S/C52H30N6OS/c1-2-14-31(15-3-1)49-54-50(40-22-13-21-39-36-20-6-11-27-45(36)60-48(39)40)56-52(55-49)58-43-25-9-5-19-35(43)38-29-28-37-34-18-4-8-24-42(34)57(46(37)47(38)58)33-17-12-16-32(30-33)51-53-41-23-7-10-26-44(41)59-51/h1-30H. The Kier molecular flexibility index (Phi) is 7.05. The molecule has 0 saturated carbocycles. The lowest BCUT2D eigenvalue weighted by Gasteiger charge is -2.14. The Morgan fingerprint density at radius 3 is 1.88 bits per heavy atom. The zero-order chi connectivity index (χ0) is 39.3. The normalized spacial score (nSPS) is 12.0. The van der Waals surface area contributed by atoms with Crippen molar-refractivity contribution in [3.05, 3.63) is 182 Å². The molecule has 5 heterocycles. The van der Waals surface area contributed by atoms with Gasteiger partial charge in [-0.1, -0.05) is 127 Å². The van der Waals surface area contributed by atoms with Gasteiger partial charge in [-0.05, 0) is 54.6 Å². The molecular formula is C52H30N6OS. The van der Waals surface area contributed by atoms with Gasteiger partial charge in [0.25, 0.3) is 0 Å². The number of hydrogen-bond acceptors (Lipinski definition) is 6. The van der Waals surface area contributed by atoms with Gasteiger partial charge in [0.1, 0.15) is 5.52 Å². The van der Waals surface area contributed by atoms with E-state index in [1.807, 2.05) is 42.5 Å². The number of hydrogen-bond donors (Lipinski definition) is 0. The van der Waals surface area contributed by atoms with Gasteiger partial charge < -0.3 is 8.98 Å². The number of para-hydroxylation sites is 4. The van der Waals surface area contributed by atoms with E-state index in [1.165, 1.54) is 15.5 Å². The summed E-state index contributed by atoms with van der Waals surface area (Å²) in [7, 11) is 0. The summed E-state index contributed by atoms with van der Waals surface area (Å²) < 4.78 is 13.3. The first-order valence-corrected chi connectivity index (χ1v) is 20.7. The molecule has 0 fully saturated rings. The van der Waals surface area contributed by atoms with Crippen LogP contribution in [0, 0.1) is 0 Å². The minimum absolute atomic E-state index is 0.549. The zero-order valence-electron chi connectivity index (χ0n) is 31.8. The van der Waals surface area contributed by atoms with Gasteiger partial charge in [0.15, 0.2) is 17.2 Å². The molecule has 8 aromatic carbocycles. The smallest absolute Gasteiger partial charge is 0.238 e. The molecule has 0 spiro atoms. The van der Waals surface area contributed by atoms with Crippen molar-refractivity contribution in [3.63, 3.8) is 0 Å². The average molecular weight is 787 g/mol. The first-order valence-electron chi connectivity index (χ1n) is 19.9. The molecule has 0 aliphatic carbocycles. The molecule has 0 radical (unpaired) electrons. The third-order valence-electron chi connectivity index (χ3n) is 11.6. The molecule has 5 aromatic heterocycles. The van der Waals surface area contributed by atoms with Crippen LogP contribution in [-0.4, -0.2) is 29.1 Å². The van der Waals surface area contributed by atoms with E-state index in [0.717, 1.165) is 81.8 Å². The number of nitrogens with zero attached hydrogens (tertiary/aromatic N) is 6. The predicted octanol–water partition coefficient (Wildman–Crippen LogP) is 13.6. The highest BCUT2D eigenvalue weighted by molar-refractivity contribution is 7.26. The second kappa shape index (κ2) is 12.8. The van der Waals surface area contributed by atoms with E-state index in [0.29, 0.717) is 23.5 Å². The van der Waals surface area contributed by atoms with E-state index in [-0.39, 0.29) is 0 Å². The Labute approximate surface area is 346 Å². The molecule has 13 rings (SSSR count). The van der Waals surface area contributed by atoms with E-state index >= 15 is 0 Å². The molecule has 0 bridgehead atoms. The maximum atomic E-state index is 6.28. The van der Waals surface area contributed by atoms with Crippen molar-refractivity contribution >= 4 is 86.2 Å². The monoisotopic (exact) mass is 786 g/mol. The van der Waals surface area contributed by atoms with Crippen LogP contribution in [0.2, 0.25) is 0 Å². The highest BCUT2D eigenvalue weighted by atomic mass is 32.1. The van der Waals surface area contributed by atoms with Crippen LogP contribution < -0.4 is 0 Å². The van der Waals surface area contributed by atoms with Crippen LogP contribution in [0.3, 0.4) is 0 Å². The fourth-order valence-electron chi connectivity index (χ4n) is 8.98. The Morgan fingerprint density at radius 2 is 1.07 bits per heavy atom. The molecule has 0 aliphatic rings. The Hall–Kier alpha value is -7.94. The molecule has 0 unspecified atom stereocenters. The first kappa shape index (κ1) is 33.1. The van der Waals surface area contributed by atoms with Crippen molar-refractivity contribution in [2.24, 2.45) is 0 Å². The highest BCUT2D eigenvalue weighted by Crippen LogP contribution is 2.43. The third kappa shape index (κ3) is 4.88. The number of aromatic nitrogens is 6. The number of fused-ring (bicyclic) bond motifs is 11. The van der Waals surface area contributed by atoms with Gasteiger partial charge in [-0.15, -0.1) is 11.3 Å². The number of thiophene rings is 1. The van der Waals surface area contributed by atoms with Crippen LogP contribution in [0.5, 0.6) is 0 Å². The molecular weight excluding hydrogens is 757 g/mol. The van der Waals surface area contributed by atoms with Gasteiger partial charge in [-0.25, -0.2) is 9.97 Å². The average Bonchev–Trinajstić information content (AvgIpc) is 4.09. The SMILES string of the molecule is c1ccc(-c2nc(-c3cccc4c3sc3ccccc34)nc(-n3c4ccccc4c4ccc5c6ccccc6n(-c6cccc(-c7nc8ccccc8o7)c6)c5c43)n2)cc1. The lowest BCUT2D eigenvalue weighted by Crippen LogP contribution is -2.07. The minimum Gasteiger partial charge on any atom is -0.436 e. The quantitative estimate of drug-likeness (QED) is 0.174. The first-order chi connectivity index (χ1) is 29.7. The van der Waals surface area contributed by atoms with E-state index in [2.05, 4.69) is 149 Å². The molecule has 0 amide bonds. The summed E-state index contributed by atoms with van der Waals surface area (Å²) in [5.74, 6) is 2.37. The van der Waals surface area contributed by atoms with Crippen LogP contribution >= 0.6 is 11.3 Å². The molecule has 0 N–H and O–H groups in total. The fourth-order valence-corrected chi connectivity index (χ4v) is 10.2. The summed E-state index contributed by atoms with van der Waals surface area (Å²) in [6.45, 7) is 0. The molecule has 13 aromatic rings. The summed E-state index contributed by atoms with van der Waals surface area (Å²) in [6.07, 6.45) is 0. The lowest BCUT2D eigenvalue weighted by atomic mass is 10.1. The van der Waals surface area contributed by atoms with Crippen molar-refractivity contribution in [1.82, 2.24) is 29.1 Å². The van der Waals surface area contributed by atoms with Gasteiger partial charge in [-0.2, -0.15) is 9.97 Å². The summed E-state index contributed by atoms with van der Waals surface area (Å²) in [5, 5.41) is 6.92. The summed E-state index contributed by atoms with van der Waals surface area (Å²) in [6, 6.07) is 63.3. The third-order valence-corrected chi connectivity index (χ3v) is 12.8. The molecule has 7 nitrogen and oxygen atoms in total. The van der Waals surface area contributed by atoms with Gasteiger partial charge in [0, 0.05) is 64.1 Å². The molecule has 0 atom stereocenters. The minimum atomic E-state index is 0.549. The summed E-state index contributed by atoms with van der Waals surface area (Å²) in [4.78, 5) is 20.9. The fraction of sp³-hybridized carbons (Fsp3) is 0. The Bertz CT molecular complexity index is 3820. The van der Waals surface area contributed by atoms with Crippen molar-refractivity contribution in [2.45, 2.75) is 0 Å². The van der Waals surface area contributed by atoms with Gasteiger partial charge in [-0.3, -0.25) is 4.57 Å². The number of rotatable bonds is 5. The van der Waals surface area contributed by atoms with Crippen LogP contribution in [-0.2, 0) is 0 Å². The van der Waals surface area contributed by atoms with Crippen LogP contribution in [0.1, 0.15) is 0 Å². The Morgan fingerprint density at radius 1 is 0.433 bits per heavy atom. The van der Waals surface area contributed by atoms with E-state index < -0.39 is 0 Å².